The number of anilines is 1. The fourth-order valence-electron chi connectivity index (χ4n) is 2.45. The molecule has 114 valence electrons. The number of hydrogen-bond donors (Lipinski definition) is 1. The van der Waals surface area contributed by atoms with Crippen molar-refractivity contribution >= 4 is 17.6 Å². The molecule has 1 saturated heterocycles. The van der Waals surface area contributed by atoms with Crippen LogP contribution in [-0.4, -0.2) is 48.9 Å². The van der Waals surface area contributed by atoms with Crippen molar-refractivity contribution in [3.8, 4) is 0 Å². The summed E-state index contributed by atoms with van der Waals surface area (Å²) in [5.41, 5.74) is 0.179. The molecule has 6 heteroatoms. The van der Waals surface area contributed by atoms with Crippen molar-refractivity contribution in [1.29, 1.82) is 0 Å². The number of likely N-dealkylation sites (tertiary alicyclic amines) is 1. The van der Waals surface area contributed by atoms with Crippen LogP contribution in [0.3, 0.4) is 0 Å². The Morgan fingerprint density at radius 3 is 2.71 bits per heavy atom. The number of para-hydroxylation sites is 1. The molecule has 1 N–H and O–H groups in total. The van der Waals surface area contributed by atoms with E-state index in [1.165, 1.54) is 17.0 Å². The van der Waals surface area contributed by atoms with Crippen molar-refractivity contribution in [3.63, 3.8) is 0 Å². The van der Waals surface area contributed by atoms with Crippen LogP contribution in [0.25, 0.3) is 0 Å². The maximum absolute atomic E-state index is 13.5. The molecule has 0 spiro atoms. The highest BCUT2D eigenvalue weighted by Crippen LogP contribution is 2.20. The van der Waals surface area contributed by atoms with Crippen molar-refractivity contribution in [2.24, 2.45) is 5.92 Å². The molecule has 5 nitrogen and oxygen atoms in total. The minimum absolute atomic E-state index is 0.0987. The van der Waals surface area contributed by atoms with E-state index in [2.05, 4.69) is 5.32 Å². The monoisotopic (exact) mass is 293 g/mol. The molecule has 2 rings (SSSR count). The largest absolute Gasteiger partial charge is 0.331 e. The van der Waals surface area contributed by atoms with Crippen molar-refractivity contribution in [2.75, 3.05) is 32.5 Å². The van der Waals surface area contributed by atoms with E-state index < -0.39 is 5.82 Å². The predicted molar refractivity (Wildman–Crippen MR) is 78.4 cm³/mol. The zero-order chi connectivity index (χ0) is 15.4. The maximum atomic E-state index is 13.5. The van der Waals surface area contributed by atoms with Crippen LogP contribution in [-0.2, 0) is 4.79 Å². The molecule has 1 atom stereocenters. The Kier molecular flexibility index (Phi) is 4.77. The van der Waals surface area contributed by atoms with Crippen molar-refractivity contribution in [2.45, 2.75) is 12.8 Å². The van der Waals surface area contributed by atoms with Gasteiger partial charge in [-0.05, 0) is 25.0 Å². The third-order valence-electron chi connectivity index (χ3n) is 3.58. The third-order valence-corrected chi connectivity index (χ3v) is 3.58. The summed E-state index contributed by atoms with van der Waals surface area (Å²) in [5, 5.41) is 2.60. The molecule has 0 radical (unpaired) electrons. The summed E-state index contributed by atoms with van der Waals surface area (Å²) in [4.78, 5) is 27.3. The summed E-state index contributed by atoms with van der Waals surface area (Å²) in [6.07, 6.45) is 1.48. The highest BCUT2D eigenvalue weighted by molar-refractivity contribution is 5.93. The smallest absolute Gasteiger partial charge is 0.319 e. The summed E-state index contributed by atoms with van der Waals surface area (Å²) in [5.74, 6) is -0.999. The fraction of sp³-hybridized carbons (Fsp3) is 0.467. The lowest BCUT2D eigenvalue weighted by molar-refractivity contribution is -0.121. The number of piperidine rings is 1. The molecule has 1 aliphatic rings. The minimum atomic E-state index is -0.456. The third kappa shape index (κ3) is 3.71. The second kappa shape index (κ2) is 6.56. The second-order valence-corrected chi connectivity index (χ2v) is 5.43. The predicted octanol–water partition coefficient (Wildman–Crippen LogP) is 2.16. The average Bonchev–Trinajstić information content (AvgIpc) is 2.48. The molecule has 0 unspecified atom stereocenters. The first-order valence-electron chi connectivity index (χ1n) is 7.00. The summed E-state index contributed by atoms with van der Waals surface area (Å²) in [6.45, 7) is 1.03. The normalized spacial score (nSPS) is 18.2. The number of carbonyl (C=O) groups is 2. The molecule has 0 saturated carbocycles. The molecule has 1 aromatic rings. The highest BCUT2D eigenvalue weighted by atomic mass is 19.1. The van der Waals surface area contributed by atoms with E-state index in [1.807, 2.05) is 0 Å². The van der Waals surface area contributed by atoms with Gasteiger partial charge in [-0.3, -0.25) is 4.79 Å². The molecule has 0 aromatic heterocycles. The first-order chi connectivity index (χ1) is 9.99. The Hall–Kier alpha value is -2.11. The molecular weight excluding hydrogens is 273 g/mol. The zero-order valence-corrected chi connectivity index (χ0v) is 12.3. The van der Waals surface area contributed by atoms with Crippen LogP contribution in [0.15, 0.2) is 24.3 Å². The standard InChI is InChI=1S/C15H20FN3O2/c1-18(2)15(21)19-9-5-6-11(10-19)14(20)17-13-8-4-3-7-12(13)16/h3-4,7-8,11H,5-6,9-10H2,1-2H3,(H,17,20)/t11-/m0/s1. The number of nitrogens with zero attached hydrogens (tertiary/aromatic N) is 2. The molecule has 3 amide bonds. The second-order valence-electron chi connectivity index (χ2n) is 5.43. The van der Waals surface area contributed by atoms with E-state index in [4.69, 9.17) is 0 Å². The van der Waals surface area contributed by atoms with Gasteiger partial charge in [-0.1, -0.05) is 12.1 Å². The fourth-order valence-corrected chi connectivity index (χ4v) is 2.45. The lowest BCUT2D eigenvalue weighted by Crippen LogP contribution is -2.47. The van der Waals surface area contributed by atoms with E-state index in [-0.39, 0.29) is 23.5 Å². The van der Waals surface area contributed by atoms with E-state index in [1.54, 1.807) is 31.1 Å². The van der Waals surface area contributed by atoms with E-state index in [0.717, 1.165) is 6.42 Å². The molecule has 1 aromatic carbocycles. The first-order valence-corrected chi connectivity index (χ1v) is 7.00. The highest BCUT2D eigenvalue weighted by Gasteiger charge is 2.29. The van der Waals surface area contributed by atoms with Gasteiger partial charge in [0.15, 0.2) is 0 Å². The van der Waals surface area contributed by atoms with E-state index >= 15 is 0 Å². The molecule has 1 fully saturated rings. The Labute approximate surface area is 123 Å². The van der Waals surface area contributed by atoms with Crippen LogP contribution in [0.1, 0.15) is 12.8 Å². The Morgan fingerprint density at radius 1 is 1.33 bits per heavy atom. The molecule has 0 bridgehead atoms. The van der Waals surface area contributed by atoms with Crippen molar-refractivity contribution in [3.05, 3.63) is 30.1 Å². The number of carbonyl (C=O) groups excluding carboxylic acids is 2. The maximum Gasteiger partial charge on any atom is 0.319 e. The lowest BCUT2D eigenvalue weighted by Gasteiger charge is -2.33. The molecule has 1 aliphatic heterocycles. The molecule has 1 heterocycles. The van der Waals surface area contributed by atoms with Crippen LogP contribution in [0, 0.1) is 11.7 Å². The number of amides is 3. The van der Waals surface area contributed by atoms with Gasteiger partial charge in [0.1, 0.15) is 5.82 Å². The SMILES string of the molecule is CN(C)C(=O)N1CCC[C@H](C(=O)Nc2ccccc2F)C1. The topological polar surface area (TPSA) is 52.7 Å². The van der Waals surface area contributed by atoms with Crippen LogP contribution in [0.5, 0.6) is 0 Å². The van der Waals surface area contributed by atoms with Gasteiger partial charge in [0.25, 0.3) is 0 Å². The summed E-state index contributed by atoms with van der Waals surface area (Å²) < 4.78 is 13.5. The van der Waals surface area contributed by atoms with Crippen LogP contribution < -0.4 is 5.32 Å². The van der Waals surface area contributed by atoms with E-state index in [0.29, 0.717) is 19.5 Å². The average molecular weight is 293 g/mol. The van der Waals surface area contributed by atoms with Gasteiger partial charge in [0.05, 0.1) is 11.6 Å². The van der Waals surface area contributed by atoms with Gasteiger partial charge in [0, 0.05) is 27.2 Å². The number of urea groups is 1. The number of rotatable bonds is 2. The summed E-state index contributed by atoms with van der Waals surface area (Å²) in [6, 6.07) is 5.97. The number of nitrogens with one attached hydrogen (secondary N) is 1. The Bertz CT molecular complexity index is 533. The van der Waals surface area contributed by atoms with Crippen LogP contribution >= 0.6 is 0 Å². The number of halogens is 1. The number of benzene rings is 1. The lowest BCUT2D eigenvalue weighted by atomic mass is 9.97. The number of hydrogen-bond acceptors (Lipinski definition) is 2. The van der Waals surface area contributed by atoms with Crippen molar-refractivity contribution in [1.82, 2.24) is 9.80 Å². The molecule has 21 heavy (non-hydrogen) atoms. The zero-order valence-electron chi connectivity index (χ0n) is 12.3. The van der Waals surface area contributed by atoms with Gasteiger partial charge >= 0.3 is 6.03 Å². The quantitative estimate of drug-likeness (QED) is 0.908. The molecular formula is C15H20FN3O2. The van der Waals surface area contributed by atoms with Crippen LogP contribution in [0.2, 0.25) is 0 Å². The van der Waals surface area contributed by atoms with Gasteiger partial charge in [-0.25, -0.2) is 9.18 Å². The van der Waals surface area contributed by atoms with E-state index in [9.17, 15) is 14.0 Å². The van der Waals surface area contributed by atoms with Gasteiger partial charge in [-0.2, -0.15) is 0 Å². The Morgan fingerprint density at radius 2 is 2.05 bits per heavy atom. The summed E-state index contributed by atoms with van der Waals surface area (Å²) in [7, 11) is 3.37. The first kappa shape index (κ1) is 15.3. The molecule has 0 aliphatic carbocycles. The van der Waals surface area contributed by atoms with Crippen LogP contribution in [0.4, 0.5) is 14.9 Å². The van der Waals surface area contributed by atoms with Crippen molar-refractivity contribution < 1.29 is 14.0 Å². The van der Waals surface area contributed by atoms with Gasteiger partial charge in [-0.15, -0.1) is 0 Å². The van der Waals surface area contributed by atoms with Gasteiger partial charge < -0.3 is 15.1 Å². The minimum Gasteiger partial charge on any atom is -0.331 e. The van der Waals surface area contributed by atoms with Gasteiger partial charge in [0.2, 0.25) is 5.91 Å². The summed E-state index contributed by atoms with van der Waals surface area (Å²) >= 11 is 0. The Balaban J connectivity index is 1.99.